The van der Waals surface area contributed by atoms with Crippen LogP contribution in [0.25, 0.3) is 0 Å². The Bertz CT molecular complexity index is 462. The van der Waals surface area contributed by atoms with Gasteiger partial charge >= 0.3 is 0 Å². The quantitative estimate of drug-likeness (QED) is 0.866. The molecule has 0 spiro atoms. The molecule has 1 fully saturated rings. The fourth-order valence-corrected chi connectivity index (χ4v) is 2.28. The van der Waals surface area contributed by atoms with Gasteiger partial charge in [0.2, 0.25) is 0 Å². The molecule has 0 saturated heterocycles. The lowest BCUT2D eigenvalue weighted by molar-refractivity contribution is 0.0917. The maximum atomic E-state index is 13.4. The highest BCUT2D eigenvalue weighted by Crippen LogP contribution is 2.19. The van der Waals surface area contributed by atoms with E-state index in [2.05, 4.69) is 5.32 Å². The molecule has 1 amide bonds. The molecular weight excluding hydrogens is 257 g/mol. The lowest BCUT2D eigenvalue weighted by atomic mass is 9.91. The van der Waals surface area contributed by atoms with Crippen LogP contribution in [-0.2, 0) is 0 Å². The van der Waals surface area contributed by atoms with Crippen molar-refractivity contribution in [1.82, 2.24) is 5.32 Å². The maximum Gasteiger partial charge on any atom is 0.257 e. The summed E-state index contributed by atoms with van der Waals surface area (Å²) in [6.45, 7) is 0. The van der Waals surface area contributed by atoms with Crippen LogP contribution >= 0.6 is 0 Å². The average molecular weight is 272 g/mol. The third-order valence-corrected chi connectivity index (χ3v) is 3.34. The van der Waals surface area contributed by atoms with Gasteiger partial charge in [-0.05, 0) is 25.7 Å². The first-order valence-electron chi connectivity index (χ1n) is 6.18. The average Bonchev–Trinajstić information content (AvgIpc) is 2.30. The van der Waals surface area contributed by atoms with Crippen molar-refractivity contribution >= 4 is 5.91 Å². The number of benzene rings is 1. The molecule has 0 heterocycles. The van der Waals surface area contributed by atoms with Gasteiger partial charge in [-0.3, -0.25) is 4.79 Å². The molecule has 1 aliphatic rings. The first-order valence-corrected chi connectivity index (χ1v) is 6.18. The van der Waals surface area contributed by atoms with E-state index in [0.29, 0.717) is 25.0 Å². The summed E-state index contributed by atoms with van der Waals surface area (Å²) in [5.41, 5.74) is 4.99. The van der Waals surface area contributed by atoms with Gasteiger partial charge in [-0.2, -0.15) is 0 Å². The molecule has 1 saturated carbocycles. The van der Waals surface area contributed by atoms with Crippen molar-refractivity contribution in [3.63, 3.8) is 0 Å². The van der Waals surface area contributed by atoms with E-state index >= 15 is 0 Å². The number of rotatable bonds is 2. The van der Waals surface area contributed by atoms with E-state index in [0.717, 1.165) is 12.8 Å². The van der Waals surface area contributed by atoms with Crippen molar-refractivity contribution in [3.05, 3.63) is 35.1 Å². The highest BCUT2D eigenvalue weighted by Gasteiger charge is 2.24. The summed E-state index contributed by atoms with van der Waals surface area (Å²) in [5.74, 6) is -4.28. The Morgan fingerprint density at radius 1 is 1.11 bits per heavy atom. The molecule has 0 atom stereocenters. The number of carbonyl (C=O) groups excluding carboxylic acids is 1. The molecule has 104 valence electrons. The van der Waals surface area contributed by atoms with Crippen LogP contribution in [0.4, 0.5) is 13.2 Å². The number of nitrogens with one attached hydrogen (secondary N) is 1. The van der Waals surface area contributed by atoms with E-state index in [1.165, 1.54) is 0 Å². The van der Waals surface area contributed by atoms with E-state index in [4.69, 9.17) is 5.73 Å². The van der Waals surface area contributed by atoms with Gasteiger partial charge in [0.1, 0.15) is 23.0 Å². The lowest BCUT2D eigenvalue weighted by Gasteiger charge is -2.26. The van der Waals surface area contributed by atoms with Crippen molar-refractivity contribution < 1.29 is 18.0 Å². The Hall–Kier alpha value is -1.56. The van der Waals surface area contributed by atoms with Gasteiger partial charge in [0.25, 0.3) is 5.91 Å². The van der Waals surface area contributed by atoms with Crippen LogP contribution in [0.1, 0.15) is 36.0 Å². The molecular formula is C13H15F3N2O. The van der Waals surface area contributed by atoms with Gasteiger partial charge < -0.3 is 11.1 Å². The molecule has 3 nitrogen and oxygen atoms in total. The molecule has 0 bridgehead atoms. The first-order chi connectivity index (χ1) is 8.97. The van der Waals surface area contributed by atoms with Crippen molar-refractivity contribution in [2.75, 3.05) is 0 Å². The van der Waals surface area contributed by atoms with Crippen molar-refractivity contribution in [3.8, 4) is 0 Å². The minimum absolute atomic E-state index is 0.118. The Kier molecular flexibility index (Phi) is 4.09. The lowest BCUT2D eigenvalue weighted by Crippen LogP contribution is -2.41. The summed E-state index contributed by atoms with van der Waals surface area (Å²) < 4.78 is 39.6. The Morgan fingerprint density at radius 3 is 2.16 bits per heavy atom. The van der Waals surface area contributed by atoms with E-state index in [9.17, 15) is 18.0 Å². The summed E-state index contributed by atoms with van der Waals surface area (Å²) in [6, 6.07) is 0.965. The second-order valence-electron chi connectivity index (χ2n) is 4.83. The SMILES string of the molecule is NC1CCC(NC(=O)c2c(F)cc(F)cc2F)CC1. The first kappa shape index (κ1) is 13.9. The zero-order chi connectivity index (χ0) is 14.0. The van der Waals surface area contributed by atoms with Gasteiger partial charge in [0, 0.05) is 24.2 Å². The fourth-order valence-electron chi connectivity index (χ4n) is 2.28. The summed E-state index contributed by atoms with van der Waals surface area (Å²) in [4.78, 5) is 11.8. The van der Waals surface area contributed by atoms with Gasteiger partial charge in [-0.25, -0.2) is 13.2 Å². The van der Waals surface area contributed by atoms with Crippen LogP contribution < -0.4 is 11.1 Å². The number of amides is 1. The molecule has 0 radical (unpaired) electrons. The zero-order valence-corrected chi connectivity index (χ0v) is 10.3. The normalized spacial score (nSPS) is 23.2. The largest absolute Gasteiger partial charge is 0.349 e. The van der Waals surface area contributed by atoms with Crippen LogP contribution in [0.5, 0.6) is 0 Å². The van der Waals surface area contributed by atoms with Crippen LogP contribution in [0.15, 0.2) is 12.1 Å². The summed E-state index contributed by atoms with van der Waals surface area (Å²) in [7, 11) is 0. The van der Waals surface area contributed by atoms with Gasteiger partial charge in [-0.1, -0.05) is 0 Å². The van der Waals surface area contributed by atoms with Crippen molar-refractivity contribution in [2.45, 2.75) is 37.8 Å². The number of nitrogens with two attached hydrogens (primary N) is 1. The third-order valence-electron chi connectivity index (χ3n) is 3.34. The van der Waals surface area contributed by atoms with E-state index in [-0.39, 0.29) is 12.1 Å². The fraction of sp³-hybridized carbons (Fsp3) is 0.462. The van der Waals surface area contributed by atoms with Gasteiger partial charge in [0.05, 0.1) is 0 Å². The minimum Gasteiger partial charge on any atom is -0.349 e. The number of hydrogen-bond acceptors (Lipinski definition) is 2. The number of hydrogen-bond donors (Lipinski definition) is 2. The van der Waals surface area contributed by atoms with Crippen LogP contribution in [0.3, 0.4) is 0 Å². The van der Waals surface area contributed by atoms with Crippen LogP contribution in [-0.4, -0.2) is 18.0 Å². The zero-order valence-electron chi connectivity index (χ0n) is 10.3. The van der Waals surface area contributed by atoms with Gasteiger partial charge in [0.15, 0.2) is 0 Å². The van der Waals surface area contributed by atoms with E-state index in [1.54, 1.807) is 0 Å². The molecule has 1 aliphatic carbocycles. The topological polar surface area (TPSA) is 55.1 Å². The molecule has 0 aliphatic heterocycles. The van der Waals surface area contributed by atoms with Gasteiger partial charge in [-0.15, -0.1) is 0 Å². The smallest absolute Gasteiger partial charge is 0.257 e. The van der Waals surface area contributed by atoms with E-state index in [1.807, 2.05) is 0 Å². The summed E-state index contributed by atoms with van der Waals surface area (Å²) >= 11 is 0. The predicted molar refractivity (Wildman–Crippen MR) is 64.0 cm³/mol. The molecule has 3 N–H and O–H groups in total. The van der Waals surface area contributed by atoms with Crippen LogP contribution in [0, 0.1) is 17.5 Å². The molecule has 1 aromatic carbocycles. The molecule has 0 unspecified atom stereocenters. The molecule has 1 aromatic rings. The number of carbonyl (C=O) groups is 1. The third kappa shape index (κ3) is 3.26. The van der Waals surface area contributed by atoms with Crippen molar-refractivity contribution in [2.24, 2.45) is 5.73 Å². The Morgan fingerprint density at radius 2 is 1.63 bits per heavy atom. The number of halogens is 3. The second kappa shape index (κ2) is 5.61. The summed E-state index contributed by atoms with van der Waals surface area (Å²) in [6.07, 6.45) is 2.88. The molecule has 6 heteroatoms. The van der Waals surface area contributed by atoms with E-state index < -0.39 is 28.9 Å². The van der Waals surface area contributed by atoms with Crippen molar-refractivity contribution in [1.29, 1.82) is 0 Å². The molecule has 0 aromatic heterocycles. The monoisotopic (exact) mass is 272 g/mol. The maximum absolute atomic E-state index is 13.4. The summed E-state index contributed by atoms with van der Waals surface area (Å²) in [5, 5.41) is 2.56. The second-order valence-corrected chi connectivity index (χ2v) is 4.83. The Labute approximate surface area is 109 Å². The predicted octanol–water partition coefficient (Wildman–Crippen LogP) is 2.10. The highest BCUT2D eigenvalue weighted by molar-refractivity contribution is 5.94. The minimum atomic E-state index is -1.19. The Balaban J connectivity index is 2.08. The molecule has 19 heavy (non-hydrogen) atoms. The van der Waals surface area contributed by atoms with Crippen LogP contribution in [0.2, 0.25) is 0 Å². The standard InChI is InChI=1S/C13H15F3N2O/c14-7-5-10(15)12(11(16)6-7)13(19)18-9-3-1-8(17)2-4-9/h5-6,8-9H,1-4,17H2,(H,18,19). The molecule has 2 rings (SSSR count). The highest BCUT2D eigenvalue weighted by atomic mass is 19.1.